The Morgan fingerprint density at radius 1 is 1.50 bits per heavy atom. The highest BCUT2D eigenvalue weighted by Gasteiger charge is 2.31. The van der Waals surface area contributed by atoms with E-state index in [9.17, 15) is 9.90 Å². The maximum Gasteiger partial charge on any atom is 0.246 e. The highest BCUT2D eigenvalue weighted by atomic mass is 32.1. The van der Waals surface area contributed by atoms with Crippen LogP contribution in [0.2, 0.25) is 0 Å². The molecule has 5 heteroatoms. The molecule has 0 saturated carbocycles. The van der Waals surface area contributed by atoms with Gasteiger partial charge in [-0.1, -0.05) is 0 Å². The molecular weight excluding hydrogens is 274 g/mol. The van der Waals surface area contributed by atoms with Crippen LogP contribution in [0, 0.1) is 6.92 Å². The van der Waals surface area contributed by atoms with Gasteiger partial charge in [-0.3, -0.25) is 4.79 Å². The van der Waals surface area contributed by atoms with Gasteiger partial charge in [-0.15, -0.1) is 11.3 Å². The van der Waals surface area contributed by atoms with E-state index in [1.165, 1.54) is 4.88 Å². The van der Waals surface area contributed by atoms with Gasteiger partial charge in [-0.25, -0.2) is 0 Å². The normalized spacial score (nSPS) is 18.4. The van der Waals surface area contributed by atoms with Crippen molar-refractivity contribution in [3.05, 3.63) is 28.0 Å². The van der Waals surface area contributed by atoms with Crippen molar-refractivity contribution in [2.75, 3.05) is 26.8 Å². The smallest absolute Gasteiger partial charge is 0.246 e. The number of aryl methyl sites for hydroxylation is 1. The van der Waals surface area contributed by atoms with Crippen LogP contribution in [0.25, 0.3) is 6.08 Å². The molecule has 1 aliphatic heterocycles. The third kappa shape index (κ3) is 4.16. The Kier molecular flexibility index (Phi) is 4.96. The molecule has 0 bridgehead atoms. The van der Waals surface area contributed by atoms with Crippen molar-refractivity contribution in [2.45, 2.75) is 25.4 Å². The molecule has 1 fully saturated rings. The first kappa shape index (κ1) is 15.2. The first-order valence-electron chi connectivity index (χ1n) is 6.78. The lowest BCUT2D eigenvalue weighted by Crippen LogP contribution is -2.47. The highest BCUT2D eigenvalue weighted by Crippen LogP contribution is 2.21. The minimum absolute atomic E-state index is 0.0871. The first-order chi connectivity index (χ1) is 9.48. The number of carbonyl (C=O) groups is 1. The summed E-state index contributed by atoms with van der Waals surface area (Å²) in [5.74, 6) is -0.0871. The third-order valence-electron chi connectivity index (χ3n) is 3.48. The standard InChI is InChI=1S/C15H21NO3S/c1-12-3-4-13(20-12)5-6-14(17)16(2)11-15(18)7-9-19-10-8-15/h3-6,18H,7-11H2,1-2H3/b6-5+. The molecule has 0 unspecified atom stereocenters. The van der Waals surface area contributed by atoms with Gasteiger partial charge in [0.2, 0.25) is 5.91 Å². The van der Waals surface area contributed by atoms with Crippen LogP contribution in [0.5, 0.6) is 0 Å². The quantitative estimate of drug-likeness (QED) is 0.865. The predicted molar refractivity (Wildman–Crippen MR) is 80.7 cm³/mol. The molecular formula is C15H21NO3S. The Hall–Kier alpha value is -1.17. The van der Waals surface area contributed by atoms with Crippen LogP contribution in [-0.2, 0) is 9.53 Å². The van der Waals surface area contributed by atoms with Crippen LogP contribution in [0.4, 0.5) is 0 Å². The predicted octanol–water partition coefficient (Wildman–Crippen LogP) is 2.07. The fourth-order valence-electron chi connectivity index (χ4n) is 2.25. The largest absolute Gasteiger partial charge is 0.388 e. The summed E-state index contributed by atoms with van der Waals surface area (Å²) in [7, 11) is 1.72. The maximum atomic E-state index is 12.0. The number of carbonyl (C=O) groups excluding carboxylic acids is 1. The highest BCUT2D eigenvalue weighted by molar-refractivity contribution is 7.12. The van der Waals surface area contributed by atoms with Crippen LogP contribution < -0.4 is 0 Å². The van der Waals surface area contributed by atoms with Gasteiger partial charge in [0.1, 0.15) is 0 Å². The minimum atomic E-state index is -0.810. The average molecular weight is 295 g/mol. The zero-order valence-electron chi connectivity index (χ0n) is 12.0. The van der Waals surface area contributed by atoms with E-state index >= 15 is 0 Å². The Labute approximate surface area is 123 Å². The van der Waals surface area contributed by atoms with E-state index in [2.05, 4.69) is 0 Å². The Balaban J connectivity index is 1.90. The first-order valence-corrected chi connectivity index (χ1v) is 7.60. The monoisotopic (exact) mass is 295 g/mol. The van der Waals surface area contributed by atoms with Gasteiger partial charge in [0.15, 0.2) is 0 Å². The molecule has 0 spiro atoms. The lowest BCUT2D eigenvalue weighted by atomic mass is 9.94. The molecule has 1 aromatic rings. The van der Waals surface area contributed by atoms with Gasteiger partial charge in [0, 0.05) is 55.5 Å². The van der Waals surface area contributed by atoms with Crippen LogP contribution in [0.15, 0.2) is 18.2 Å². The molecule has 0 aromatic carbocycles. The van der Waals surface area contributed by atoms with Gasteiger partial charge in [-0.2, -0.15) is 0 Å². The summed E-state index contributed by atoms with van der Waals surface area (Å²) in [5, 5.41) is 10.4. The van der Waals surface area contributed by atoms with Gasteiger partial charge >= 0.3 is 0 Å². The van der Waals surface area contributed by atoms with Crippen molar-refractivity contribution in [1.29, 1.82) is 0 Å². The van der Waals surface area contributed by atoms with E-state index in [-0.39, 0.29) is 5.91 Å². The number of thiophene rings is 1. The molecule has 1 amide bonds. The molecule has 110 valence electrons. The van der Waals surface area contributed by atoms with Gasteiger partial charge in [0.25, 0.3) is 0 Å². The topological polar surface area (TPSA) is 49.8 Å². The molecule has 20 heavy (non-hydrogen) atoms. The molecule has 0 radical (unpaired) electrons. The average Bonchev–Trinajstić information content (AvgIpc) is 2.82. The van der Waals surface area contributed by atoms with Crippen molar-refractivity contribution < 1.29 is 14.6 Å². The summed E-state index contributed by atoms with van der Waals surface area (Å²) >= 11 is 1.65. The van der Waals surface area contributed by atoms with Crippen LogP contribution in [0.3, 0.4) is 0 Å². The van der Waals surface area contributed by atoms with Crippen LogP contribution >= 0.6 is 11.3 Å². The molecule has 0 aliphatic carbocycles. The van der Waals surface area contributed by atoms with E-state index in [0.717, 1.165) is 4.88 Å². The summed E-state index contributed by atoms with van der Waals surface area (Å²) in [6.07, 6.45) is 4.55. The van der Waals surface area contributed by atoms with Crippen molar-refractivity contribution >= 4 is 23.3 Å². The summed E-state index contributed by atoms with van der Waals surface area (Å²) in [6.45, 7) is 3.51. The van der Waals surface area contributed by atoms with Crippen LogP contribution in [0.1, 0.15) is 22.6 Å². The fourth-order valence-corrected chi connectivity index (χ4v) is 3.03. The maximum absolute atomic E-state index is 12.0. The molecule has 1 aromatic heterocycles. The molecule has 2 rings (SSSR count). The molecule has 1 aliphatic rings. The lowest BCUT2D eigenvalue weighted by molar-refractivity contribution is -0.131. The Bertz CT molecular complexity index is 489. The second kappa shape index (κ2) is 6.52. The number of hydrogen-bond acceptors (Lipinski definition) is 4. The Morgan fingerprint density at radius 3 is 2.80 bits per heavy atom. The number of rotatable bonds is 4. The second-order valence-electron chi connectivity index (χ2n) is 5.31. The SMILES string of the molecule is Cc1ccc(/C=C/C(=O)N(C)CC2(O)CCOCC2)s1. The number of nitrogens with zero attached hydrogens (tertiary/aromatic N) is 1. The van der Waals surface area contributed by atoms with Gasteiger partial charge in [0.05, 0.1) is 5.60 Å². The number of ether oxygens (including phenoxy) is 1. The number of aliphatic hydroxyl groups is 1. The van der Waals surface area contributed by atoms with Gasteiger partial charge in [-0.05, 0) is 25.1 Å². The van der Waals surface area contributed by atoms with E-state index < -0.39 is 5.60 Å². The molecule has 1 saturated heterocycles. The third-order valence-corrected chi connectivity index (χ3v) is 4.45. The minimum Gasteiger partial charge on any atom is -0.388 e. The zero-order valence-corrected chi connectivity index (χ0v) is 12.8. The molecule has 2 heterocycles. The van der Waals surface area contributed by atoms with Gasteiger partial charge < -0.3 is 14.7 Å². The zero-order chi connectivity index (χ0) is 14.6. The molecule has 1 N–H and O–H groups in total. The summed E-state index contributed by atoms with van der Waals surface area (Å²) in [5.41, 5.74) is -0.810. The van der Waals surface area contributed by atoms with E-state index in [0.29, 0.717) is 32.6 Å². The fraction of sp³-hybridized carbons (Fsp3) is 0.533. The lowest BCUT2D eigenvalue weighted by Gasteiger charge is -2.35. The van der Waals surface area contributed by atoms with Crippen molar-refractivity contribution in [3.8, 4) is 0 Å². The molecule has 0 atom stereocenters. The second-order valence-corrected chi connectivity index (χ2v) is 6.63. The van der Waals surface area contributed by atoms with Crippen molar-refractivity contribution in [2.24, 2.45) is 0 Å². The van der Waals surface area contributed by atoms with Crippen LogP contribution in [-0.4, -0.2) is 48.3 Å². The van der Waals surface area contributed by atoms with E-state index in [1.807, 2.05) is 25.1 Å². The van der Waals surface area contributed by atoms with Crippen molar-refractivity contribution in [3.63, 3.8) is 0 Å². The summed E-state index contributed by atoms with van der Waals surface area (Å²) in [4.78, 5) is 15.9. The van der Waals surface area contributed by atoms with E-state index in [4.69, 9.17) is 4.74 Å². The summed E-state index contributed by atoms with van der Waals surface area (Å²) < 4.78 is 5.24. The van der Waals surface area contributed by atoms with Crippen molar-refractivity contribution in [1.82, 2.24) is 4.90 Å². The van der Waals surface area contributed by atoms with E-state index in [1.54, 1.807) is 29.4 Å². The number of likely N-dealkylation sites (N-methyl/N-ethyl adjacent to an activating group) is 1. The number of amides is 1. The number of hydrogen-bond donors (Lipinski definition) is 1. The summed E-state index contributed by atoms with van der Waals surface area (Å²) in [6, 6.07) is 4.03. The Morgan fingerprint density at radius 2 is 2.20 bits per heavy atom. The molecule has 4 nitrogen and oxygen atoms in total.